The lowest BCUT2D eigenvalue weighted by Gasteiger charge is -2.17. The highest BCUT2D eigenvalue weighted by atomic mass is 19.1. The molecule has 1 fully saturated rings. The summed E-state index contributed by atoms with van der Waals surface area (Å²) in [5.41, 5.74) is 0.912. The number of allylic oxidation sites excluding steroid dienone is 2. The van der Waals surface area contributed by atoms with E-state index >= 15 is 0 Å². The van der Waals surface area contributed by atoms with Crippen molar-refractivity contribution in [3.8, 4) is 0 Å². The van der Waals surface area contributed by atoms with E-state index in [-0.39, 0.29) is 18.3 Å². The van der Waals surface area contributed by atoms with E-state index in [9.17, 15) is 9.18 Å². The van der Waals surface area contributed by atoms with Gasteiger partial charge in [-0.15, -0.1) is 0 Å². The summed E-state index contributed by atoms with van der Waals surface area (Å²) in [6, 6.07) is 6.24. The van der Waals surface area contributed by atoms with E-state index in [0.717, 1.165) is 30.2 Å². The second kappa shape index (κ2) is 14.3. The lowest BCUT2D eigenvalue weighted by molar-refractivity contribution is -0.138. The summed E-state index contributed by atoms with van der Waals surface area (Å²) < 4.78 is 18.7. The van der Waals surface area contributed by atoms with Crippen LogP contribution < -0.4 is 0 Å². The number of carbonyl (C=O) groups is 1. The SMILES string of the molecule is C1=CC2CCC1C2.CCCCCCCCC(CCC(=O)O)OCc1ccc(F)cc1. The number of hydrogen-bond donors (Lipinski definition) is 1. The van der Waals surface area contributed by atoms with E-state index in [0.29, 0.717) is 13.0 Å². The Labute approximate surface area is 181 Å². The fourth-order valence-electron chi connectivity index (χ4n) is 4.26. The summed E-state index contributed by atoms with van der Waals surface area (Å²) in [4.78, 5) is 10.8. The average Bonchev–Trinajstić information content (AvgIpc) is 3.39. The average molecular weight is 419 g/mol. The molecule has 3 rings (SSSR count). The molecule has 3 unspecified atom stereocenters. The number of benzene rings is 1. The maximum Gasteiger partial charge on any atom is 0.303 e. The van der Waals surface area contributed by atoms with Crippen LogP contribution in [-0.2, 0) is 16.1 Å². The molecule has 0 radical (unpaired) electrons. The van der Waals surface area contributed by atoms with Crippen molar-refractivity contribution < 1.29 is 19.0 Å². The van der Waals surface area contributed by atoms with Gasteiger partial charge in [-0.3, -0.25) is 4.79 Å². The summed E-state index contributed by atoms with van der Waals surface area (Å²) in [5, 5.41) is 8.85. The maximum absolute atomic E-state index is 12.9. The molecule has 2 aliphatic rings. The Morgan fingerprint density at radius 2 is 1.67 bits per heavy atom. The second-order valence-corrected chi connectivity index (χ2v) is 8.77. The number of carboxylic acids is 1. The molecule has 4 heteroatoms. The van der Waals surface area contributed by atoms with Crippen LogP contribution in [0.3, 0.4) is 0 Å². The van der Waals surface area contributed by atoms with Crippen LogP contribution in [0.4, 0.5) is 4.39 Å². The standard InChI is InChI=1S/C19H29FO3.C7H10/c1-2-3-4-5-6-7-8-18(13-14-19(21)22)23-15-16-9-11-17(20)12-10-16;1-2-7-4-3-6(1)5-7/h9-12,18H,2-8,13-15H2,1H3,(H,21,22);1-2,6-7H,3-5H2. The largest absolute Gasteiger partial charge is 0.481 e. The molecule has 3 atom stereocenters. The van der Waals surface area contributed by atoms with Gasteiger partial charge in [0.15, 0.2) is 0 Å². The lowest BCUT2D eigenvalue weighted by Crippen LogP contribution is -2.15. The number of ether oxygens (including phenoxy) is 1. The van der Waals surface area contributed by atoms with E-state index in [1.165, 1.54) is 63.5 Å². The number of halogens is 1. The quantitative estimate of drug-likeness (QED) is 0.270. The minimum Gasteiger partial charge on any atom is -0.481 e. The molecule has 0 heterocycles. The minimum atomic E-state index is -0.789. The van der Waals surface area contributed by atoms with Crippen molar-refractivity contribution >= 4 is 5.97 Å². The predicted octanol–water partition coefficient (Wildman–Crippen LogP) is 7.30. The van der Waals surface area contributed by atoms with Crippen molar-refractivity contribution in [2.45, 2.75) is 96.7 Å². The van der Waals surface area contributed by atoms with Crippen molar-refractivity contribution in [2.75, 3.05) is 0 Å². The van der Waals surface area contributed by atoms with Gasteiger partial charge in [0.05, 0.1) is 12.7 Å². The van der Waals surface area contributed by atoms with Crippen molar-refractivity contribution in [2.24, 2.45) is 11.8 Å². The Kier molecular flexibility index (Phi) is 11.8. The number of rotatable bonds is 13. The highest BCUT2D eigenvalue weighted by Gasteiger charge is 2.25. The summed E-state index contributed by atoms with van der Waals surface area (Å²) in [6.07, 6.45) is 18.0. The van der Waals surface area contributed by atoms with Crippen LogP contribution in [0.1, 0.15) is 89.5 Å². The summed E-state index contributed by atoms with van der Waals surface area (Å²) in [6.45, 7) is 2.60. The van der Waals surface area contributed by atoms with E-state index in [1.807, 2.05) is 0 Å². The minimum absolute atomic E-state index is 0.0395. The molecule has 1 aromatic carbocycles. The summed E-state index contributed by atoms with van der Waals surface area (Å²) >= 11 is 0. The normalized spacial score (nSPS) is 20.1. The molecule has 0 spiro atoms. The second-order valence-electron chi connectivity index (χ2n) is 8.77. The number of hydrogen-bond acceptors (Lipinski definition) is 2. The Hall–Kier alpha value is -1.68. The van der Waals surface area contributed by atoms with Gasteiger partial charge < -0.3 is 9.84 Å². The van der Waals surface area contributed by atoms with Gasteiger partial charge in [0.25, 0.3) is 0 Å². The predicted molar refractivity (Wildman–Crippen MR) is 120 cm³/mol. The van der Waals surface area contributed by atoms with Crippen LogP contribution in [0.5, 0.6) is 0 Å². The summed E-state index contributed by atoms with van der Waals surface area (Å²) in [5.74, 6) is 0.932. The zero-order valence-corrected chi connectivity index (χ0v) is 18.5. The van der Waals surface area contributed by atoms with Gasteiger partial charge in [-0.1, -0.05) is 69.7 Å². The number of fused-ring (bicyclic) bond motifs is 2. The molecule has 30 heavy (non-hydrogen) atoms. The van der Waals surface area contributed by atoms with Crippen molar-refractivity contribution in [1.29, 1.82) is 0 Å². The van der Waals surface area contributed by atoms with Gasteiger partial charge in [0, 0.05) is 6.42 Å². The van der Waals surface area contributed by atoms with E-state index in [4.69, 9.17) is 9.84 Å². The van der Waals surface area contributed by atoms with Crippen LogP contribution >= 0.6 is 0 Å². The Bertz CT molecular complexity index is 614. The molecule has 2 aliphatic carbocycles. The first-order valence-corrected chi connectivity index (χ1v) is 11.8. The van der Waals surface area contributed by atoms with Gasteiger partial charge in [0.2, 0.25) is 0 Å². The molecular formula is C26H39FO3. The number of unbranched alkanes of at least 4 members (excludes halogenated alkanes) is 5. The van der Waals surface area contributed by atoms with Crippen LogP contribution in [0.25, 0.3) is 0 Å². The van der Waals surface area contributed by atoms with E-state index in [2.05, 4.69) is 19.1 Å². The smallest absolute Gasteiger partial charge is 0.303 e. The molecule has 1 N–H and O–H groups in total. The van der Waals surface area contributed by atoms with E-state index in [1.54, 1.807) is 12.1 Å². The maximum atomic E-state index is 12.9. The third-order valence-electron chi connectivity index (χ3n) is 6.13. The fraction of sp³-hybridized carbons (Fsp3) is 0.654. The van der Waals surface area contributed by atoms with Crippen LogP contribution in [-0.4, -0.2) is 17.2 Å². The Balaban J connectivity index is 0.000000375. The van der Waals surface area contributed by atoms with Crippen molar-refractivity contribution in [1.82, 2.24) is 0 Å². The molecular weight excluding hydrogens is 379 g/mol. The zero-order chi connectivity index (χ0) is 21.6. The fourth-order valence-corrected chi connectivity index (χ4v) is 4.26. The number of aliphatic carboxylic acids is 1. The molecule has 0 aliphatic heterocycles. The van der Waals surface area contributed by atoms with Gasteiger partial charge in [-0.05, 0) is 61.6 Å². The van der Waals surface area contributed by atoms with Crippen LogP contribution in [0.15, 0.2) is 36.4 Å². The van der Waals surface area contributed by atoms with Gasteiger partial charge in [-0.2, -0.15) is 0 Å². The van der Waals surface area contributed by atoms with Crippen molar-refractivity contribution in [3.63, 3.8) is 0 Å². The molecule has 168 valence electrons. The first-order valence-electron chi connectivity index (χ1n) is 11.8. The third-order valence-corrected chi connectivity index (χ3v) is 6.13. The highest BCUT2D eigenvalue weighted by Crippen LogP contribution is 2.38. The Morgan fingerprint density at radius 3 is 2.20 bits per heavy atom. The highest BCUT2D eigenvalue weighted by molar-refractivity contribution is 5.66. The zero-order valence-electron chi connectivity index (χ0n) is 18.5. The molecule has 1 saturated carbocycles. The topological polar surface area (TPSA) is 46.5 Å². The lowest BCUT2D eigenvalue weighted by atomic mass is 10.0. The van der Waals surface area contributed by atoms with Crippen molar-refractivity contribution in [3.05, 3.63) is 47.8 Å². The van der Waals surface area contributed by atoms with Gasteiger partial charge in [-0.25, -0.2) is 4.39 Å². The molecule has 3 nitrogen and oxygen atoms in total. The molecule has 0 amide bonds. The van der Waals surface area contributed by atoms with Crippen LogP contribution in [0, 0.1) is 17.7 Å². The molecule has 1 aromatic rings. The molecule has 0 saturated heterocycles. The Morgan fingerprint density at radius 1 is 1.03 bits per heavy atom. The van der Waals surface area contributed by atoms with Gasteiger partial charge >= 0.3 is 5.97 Å². The first kappa shape index (κ1) is 24.6. The third kappa shape index (κ3) is 10.4. The van der Waals surface area contributed by atoms with E-state index < -0.39 is 5.97 Å². The molecule has 2 bridgehead atoms. The van der Waals surface area contributed by atoms with Gasteiger partial charge in [0.1, 0.15) is 5.82 Å². The first-order chi connectivity index (χ1) is 14.6. The molecule has 0 aromatic heterocycles. The monoisotopic (exact) mass is 418 g/mol. The van der Waals surface area contributed by atoms with Crippen LogP contribution in [0.2, 0.25) is 0 Å². The summed E-state index contributed by atoms with van der Waals surface area (Å²) in [7, 11) is 0. The number of carboxylic acid groups (broad SMARTS) is 1.